The summed E-state index contributed by atoms with van der Waals surface area (Å²) in [5.74, 6) is -2.58. The van der Waals surface area contributed by atoms with E-state index in [4.69, 9.17) is 11.6 Å². The molecule has 0 radical (unpaired) electrons. The maximum Gasteiger partial charge on any atom is 0.266 e. The Hall–Kier alpha value is -3.18. The zero-order chi connectivity index (χ0) is 24.7. The largest absolute Gasteiger partial charge is 0.364 e. The van der Waals surface area contributed by atoms with E-state index in [9.17, 15) is 22.0 Å². The van der Waals surface area contributed by atoms with Crippen LogP contribution in [-0.2, 0) is 10.0 Å². The van der Waals surface area contributed by atoms with Gasteiger partial charge in [-0.3, -0.25) is 9.52 Å². The Morgan fingerprint density at radius 2 is 1.91 bits per heavy atom. The summed E-state index contributed by atoms with van der Waals surface area (Å²) in [7, 11) is -3.51. The minimum absolute atomic E-state index is 0.178. The van der Waals surface area contributed by atoms with Crippen LogP contribution in [0.25, 0.3) is 5.82 Å². The van der Waals surface area contributed by atoms with E-state index in [1.165, 1.54) is 24.4 Å². The van der Waals surface area contributed by atoms with E-state index >= 15 is 0 Å². The molecule has 1 aliphatic heterocycles. The molecule has 1 aromatic carbocycles. The first-order valence-corrected chi connectivity index (χ1v) is 12.5. The highest BCUT2D eigenvalue weighted by Gasteiger charge is 2.38. The van der Waals surface area contributed by atoms with E-state index in [-0.39, 0.29) is 30.2 Å². The number of amides is 1. The molecule has 2 N–H and O–H groups in total. The summed E-state index contributed by atoms with van der Waals surface area (Å²) in [6.45, 7) is 1.75. The number of benzene rings is 1. The van der Waals surface area contributed by atoms with Gasteiger partial charge in [0.2, 0.25) is 10.0 Å². The molecule has 0 unspecified atom stereocenters. The highest BCUT2D eigenvalue weighted by molar-refractivity contribution is 7.92. The minimum atomic E-state index is -3.51. The van der Waals surface area contributed by atoms with Gasteiger partial charge in [-0.15, -0.1) is 0 Å². The predicted molar refractivity (Wildman–Crippen MR) is 128 cm³/mol. The highest BCUT2D eigenvalue weighted by atomic mass is 35.5. The number of nitrogens with one attached hydrogen (secondary N) is 2. The number of nitrogens with zero attached hydrogens (tertiary/aromatic N) is 3. The molecule has 0 saturated carbocycles. The molecule has 34 heavy (non-hydrogen) atoms. The van der Waals surface area contributed by atoms with Gasteiger partial charge in [0.05, 0.1) is 35.9 Å². The van der Waals surface area contributed by atoms with E-state index in [2.05, 4.69) is 15.0 Å². The minimum Gasteiger partial charge on any atom is -0.364 e. The molecular formula is C22H22ClF2N5O3S. The number of aromatic nitrogens is 2. The van der Waals surface area contributed by atoms with E-state index in [0.717, 1.165) is 11.9 Å². The number of halogens is 3. The normalized spacial score (nSPS) is 15.4. The van der Waals surface area contributed by atoms with E-state index in [1.54, 1.807) is 40.8 Å². The lowest BCUT2D eigenvalue weighted by atomic mass is 10.2. The smallest absolute Gasteiger partial charge is 0.266 e. The number of sulfonamides is 1. The maximum atomic E-state index is 13.5. The summed E-state index contributed by atoms with van der Waals surface area (Å²) in [5, 5.41) is 2.95. The van der Waals surface area contributed by atoms with Crippen LogP contribution in [0, 0.1) is 6.92 Å². The number of rotatable bonds is 6. The summed E-state index contributed by atoms with van der Waals surface area (Å²) in [4.78, 5) is 18.8. The van der Waals surface area contributed by atoms with Crippen LogP contribution in [0.1, 0.15) is 22.5 Å². The number of aryl methyl sites for hydroxylation is 1. The lowest BCUT2D eigenvalue weighted by Gasteiger charge is -2.18. The lowest BCUT2D eigenvalue weighted by molar-refractivity contribution is 0.0257. The summed E-state index contributed by atoms with van der Waals surface area (Å²) in [5.41, 5.74) is 2.24. The van der Waals surface area contributed by atoms with Crippen LogP contribution in [-0.4, -0.2) is 49.1 Å². The van der Waals surface area contributed by atoms with Gasteiger partial charge in [-0.25, -0.2) is 22.2 Å². The monoisotopic (exact) mass is 509 g/mol. The highest BCUT2D eigenvalue weighted by Crippen LogP contribution is 2.31. The van der Waals surface area contributed by atoms with Crippen molar-refractivity contribution in [2.45, 2.75) is 19.3 Å². The first-order valence-electron chi connectivity index (χ1n) is 10.3. The summed E-state index contributed by atoms with van der Waals surface area (Å²) >= 11 is 6.05. The van der Waals surface area contributed by atoms with Crippen molar-refractivity contribution >= 4 is 44.6 Å². The first kappa shape index (κ1) is 24.0. The molecule has 0 atom stereocenters. The Labute approximate surface area is 200 Å². The van der Waals surface area contributed by atoms with E-state index in [0.29, 0.717) is 22.8 Å². The molecule has 2 aromatic heterocycles. The quantitative estimate of drug-likeness (QED) is 0.516. The zero-order valence-corrected chi connectivity index (χ0v) is 19.9. The molecule has 180 valence electrons. The molecule has 1 amide bonds. The molecule has 1 fully saturated rings. The summed E-state index contributed by atoms with van der Waals surface area (Å²) in [6, 6.07) is 9.49. The topological polar surface area (TPSA) is 96.3 Å². The van der Waals surface area contributed by atoms with Crippen LogP contribution in [0.5, 0.6) is 0 Å². The summed E-state index contributed by atoms with van der Waals surface area (Å²) < 4.78 is 54.0. The summed E-state index contributed by atoms with van der Waals surface area (Å²) in [6.07, 6.45) is 3.98. The average molecular weight is 510 g/mol. The fourth-order valence-electron chi connectivity index (χ4n) is 3.75. The van der Waals surface area contributed by atoms with Crippen molar-refractivity contribution in [3.05, 3.63) is 65.1 Å². The molecule has 1 aliphatic rings. The number of hydrogen-bond donors (Lipinski definition) is 2. The SMILES string of the molecule is Cc1cc(C(=O)Nc2cc(Cl)cc(NS(C)(=O)=O)c2)cn1-c1ccc(N2CCC(F)(F)C2)cn1. The number of anilines is 3. The van der Waals surface area contributed by atoms with Crippen molar-refractivity contribution in [3.63, 3.8) is 0 Å². The predicted octanol–water partition coefficient (Wildman–Crippen LogP) is 4.30. The van der Waals surface area contributed by atoms with Gasteiger partial charge in [-0.1, -0.05) is 11.6 Å². The zero-order valence-electron chi connectivity index (χ0n) is 18.3. The van der Waals surface area contributed by atoms with Gasteiger partial charge < -0.3 is 14.8 Å². The van der Waals surface area contributed by atoms with Gasteiger partial charge in [0.15, 0.2) is 0 Å². The molecule has 12 heteroatoms. The second kappa shape index (κ2) is 8.88. The third kappa shape index (κ3) is 5.65. The van der Waals surface area contributed by atoms with Crippen LogP contribution in [0.4, 0.5) is 25.8 Å². The van der Waals surface area contributed by atoms with Gasteiger partial charge in [-0.05, 0) is 43.3 Å². The molecule has 3 aromatic rings. The molecule has 4 rings (SSSR count). The number of pyridine rings is 1. The number of hydrogen-bond acceptors (Lipinski definition) is 5. The third-order valence-corrected chi connectivity index (χ3v) is 6.07. The maximum absolute atomic E-state index is 13.5. The molecule has 8 nitrogen and oxygen atoms in total. The molecule has 0 spiro atoms. The Morgan fingerprint density at radius 1 is 1.18 bits per heavy atom. The van der Waals surface area contributed by atoms with Crippen LogP contribution >= 0.6 is 11.6 Å². The molecule has 0 aliphatic carbocycles. The number of carbonyl (C=O) groups excluding carboxylic acids is 1. The number of carbonyl (C=O) groups is 1. The van der Waals surface area contributed by atoms with Crippen molar-refractivity contribution in [3.8, 4) is 5.82 Å². The van der Waals surface area contributed by atoms with E-state index < -0.39 is 21.9 Å². The fourth-order valence-corrected chi connectivity index (χ4v) is 4.53. The molecule has 1 saturated heterocycles. The van der Waals surface area contributed by atoms with Gasteiger partial charge in [0.1, 0.15) is 5.82 Å². The second-order valence-electron chi connectivity index (χ2n) is 8.20. The van der Waals surface area contributed by atoms with Gasteiger partial charge in [-0.2, -0.15) is 0 Å². The van der Waals surface area contributed by atoms with Crippen molar-refractivity contribution in [1.29, 1.82) is 0 Å². The third-order valence-electron chi connectivity index (χ3n) is 5.25. The second-order valence-corrected chi connectivity index (χ2v) is 10.4. The van der Waals surface area contributed by atoms with Crippen LogP contribution in [0.2, 0.25) is 5.02 Å². The molecular weight excluding hydrogens is 488 g/mol. The van der Waals surface area contributed by atoms with Gasteiger partial charge in [0, 0.05) is 35.6 Å². The molecule has 0 bridgehead atoms. The molecule has 3 heterocycles. The first-order chi connectivity index (χ1) is 15.9. The Kier molecular flexibility index (Phi) is 6.26. The lowest BCUT2D eigenvalue weighted by Crippen LogP contribution is -2.24. The Bertz CT molecular complexity index is 1340. The fraction of sp³-hybridized carbons (Fsp3) is 0.273. The van der Waals surface area contributed by atoms with Crippen LogP contribution in [0.3, 0.4) is 0 Å². The van der Waals surface area contributed by atoms with Crippen molar-refractivity contribution in [2.24, 2.45) is 0 Å². The Morgan fingerprint density at radius 3 is 2.53 bits per heavy atom. The van der Waals surface area contributed by atoms with Gasteiger partial charge >= 0.3 is 0 Å². The van der Waals surface area contributed by atoms with Crippen molar-refractivity contribution in [1.82, 2.24) is 9.55 Å². The van der Waals surface area contributed by atoms with Gasteiger partial charge in [0.25, 0.3) is 11.8 Å². The standard InChI is InChI=1S/C22H22ClF2N5O3S/c1-14-7-15(21(31)27-17-8-16(23)9-18(10-17)28-34(2,32)33)12-30(14)20-4-3-19(11-26-20)29-6-5-22(24,25)13-29/h3-4,7-12,28H,5-6,13H2,1-2H3,(H,27,31). The van der Waals surface area contributed by atoms with Crippen LogP contribution in [0.15, 0.2) is 48.8 Å². The van der Waals surface area contributed by atoms with Crippen LogP contribution < -0.4 is 14.9 Å². The Balaban J connectivity index is 1.50. The van der Waals surface area contributed by atoms with Crippen molar-refractivity contribution < 1.29 is 22.0 Å². The average Bonchev–Trinajstić information content (AvgIpc) is 3.28. The number of alkyl halides is 2. The van der Waals surface area contributed by atoms with Crippen molar-refractivity contribution in [2.75, 3.05) is 34.3 Å². The van der Waals surface area contributed by atoms with E-state index in [1.807, 2.05) is 0 Å².